The number of nitrogens with zero attached hydrogens (tertiary/aromatic N) is 1. The molecule has 0 aromatic rings. The lowest BCUT2D eigenvalue weighted by atomic mass is 9.75. The number of likely N-dealkylation sites (tertiary alicyclic amines) is 1. The standard InChI is InChI=1S/C18H36N2/c1-18(2,3)16-10-12-20(13-11-16)14-17(19-4)15-8-6-5-7-9-15/h15-17,19H,5-14H2,1-4H3. The van der Waals surface area contributed by atoms with E-state index in [1.54, 1.807) is 0 Å². The van der Waals surface area contributed by atoms with E-state index >= 15 is 0 Å². The van der Waals surface area contributed by atoms with Gasteiger partial charge in [-0.25, -0.2) is 0 Å². The number of nitrogens with one attached hydrogen (secondary N) is 1. The first-order valence-electron chi connectivity index (χ1n) is 8.90. The Morgan fingerprint density at radius 3 is 2.10 bits per heavy atom. The van der Waals surface area contributed by atoms with Crippen LogP contribution in [-0.2, 0) is 0 Å². The minimum atomic E-state index is 0.498. The van der Waals surface area contributed by atoms with Crippen LogP contribution in [0.15, 0.2) is 0 Å². The van der Waals surface area contributed by atoms with E-state index in [0.29, 0.717) is 5.41 Å². The van der Waals surface area contributed by atoms with E-state index in [9.17, 15) is 0 Å². The molecule has 0 aromatic heterocycles. The Labute approximate surface area is 126 Å². The summed E-state index contributed by atoms with van der Waals surface area (Å²) in [6.07, 6.45) is 10.1. The lowest BCUT2D eigenvalue weighted by Crippen LogP contribution is -2.48. The second kappa shape index (κ2) is 7.26. The third-order valence-electron chi connectivity index (χ3n) is 5.86. The van der Waals surface area contributed by atoms with Gasteiger partial charge in [-0.15, -0.1) is 0 Å². The molecule has 2 nitrogen and oxygen atoms in total. The number of hydrogen-bond donors (Lipinski definition) is 1. The Morgan fingerprint density at radius 1 is 1.00 bits per heavy atom. The second-order valence-electron chi connectivity index (χ2n) is 8.23. The van der Waals surface area contributed by atoms with Crippen molar-refractivity contribution in [2.75, 3.05) is 26.7 Å². The number of likely N-dealkylation sites (N-methyl/N-ethyl adjacent to an activating group) is 1. The van der Waals surface area contributed by atoms with E-state index in [4.69, 9.17) is 0 Å². The van der Waals surface area contributed by atoms with Gasteiger partial charge in [-0.2, -0.15) is 0 Å². The molecule has 1 saturated heterocycles. The molecule has 2 rings (SSSR count). The summed E-state index contributed by atoms with van der Waals surface area (Å²) in [5.74, 6) is 1.84. The molecule has 1 aliphatic heterocycles. The monoisotopic (exact) mass is 280 g/mol. The number of piperidine rings is 1. The molecule has 1 unspecified atom stereocenters. The zero-order valence-electron chi connectivity index (χ0n) is 14.3. The van der Waals surface area contributed by atoms with Gasteiger partial charge in [0.15, 0.2) is 0 Å². The molecule has 1 heterocycles. The van der Waals surface area contributed by atoms with E-state index in [1.165, 1.54) is 64.6 Å². The smallest absolute Gasteiger partial charge is 0.0220 e. The van der Waals surface area contributed by atoms with Crippen LogP contribution in [0.1, 0.15) is 65.7 Å². The van der Waals surface area contributed by atoms with Crippen molar-refractivity contribution in [2.45, 2.75) is 71.8 Å². The maximum Gasteiger partial charge on any atom is 0.0220 e. The Balaban J connectivity index is 1.78. The van der Waals surface area contributed by atoms with Crippen molar-refractivity contribution in [3.05, 3.63) is 0 Å². The molecular formula is C18H36N2. The van der Waals surface area contributed by atoms with Crippen LogP contribution in [0.25, 0.3) is 0 Å². The highest BCUT2D eigenvalue weighted by Gasteiger charge is 2.30. The molecule has 118 valence electrons. The van der Waals surface area contributed by atoms with Crippen LogP contribution in [0.5, 0.6) is 0 Å². The van der Waals surface area contributed by atoms with Gasteiger partial charge < -0.3 is 10.2 Å². The largest absolute Gasteiger partial charge is 0.315 e. The van der Waals surface area contributed by atoms with Crippen LogP contribution in [0.4, 0.5) is 0 Å². The second-order valence-corrected chi connectivity index (χ2v) is 8.23. The van der Waals surface area contributed by atoms with Gasteiger partial charge in [0, 0.05) is 12.6 Å². The SMILES string of the molecule is CNC(CN1CCC(C(C)(C)C)CC1)C1CCCCC1. The molecule has 20 heavy (non-hydrogen) atoms. The fraction of sp³-hybridized carbons (Fsp3) is 1.00. The first-order valence-corrected chi connectivity index (χ1v) is 8.90. The fourth-order valence-corrected chi connectivity index (χ4v) is 4.27. The van der Waals surface area contributed by atoms with Gasteiger partial charge in [0.05, 0.1) is 0 Å². The van der Waals surface area contributed by atoms with Crippen LogP contribution >= 0.6 is 0 Å². The Morgan fingerprint density at radius 2 is 1.60 bits per heavy atom. The molecular weight excluding hydrogens is 244 g/mol. The van der Waals surface area contributed by atoms with Crippen molar-refractivity contribution in [1.29, 1.82) is 0 Å². The first-order chi connectivity index (χ1) is 9.50. The topological polar surface area (TPSA) is 15.3 Å². The molecule has 1 atom stereocenters. The van der Waals surface area contributed by atoms with Crippen LogP contribution in [0.2, 0.25) is 0 Å². The van der Waals surface area contributed by atoms with Crippen LogP contribution in [-0.4, -0.2) is 37.6 Å². The average Bonchev–Trinajstić information content (AvgIpc) is 2.45. The zero-order valence-corrected chi connectivity index (χ0v) is 14.3. The molecule has 1 saturated carbocycles. The van der Waals surface area contributed by atoms with E-state index in [-0.39, 0.29) is 0 Å². The lowest BCUT2D eigenvalue weighted by Gasteiger charge is -2.41. The number of rotatable bonds is 4. The molecule has 0 bridgehead atoms. The van der Waals surface area contributed by atoms with Crippen LogP contribution < -0.4 is 5.32 Å². The van der Waals surface area contributed by atoms with Crippen molar-refractivity contribution in [1.82, 2.24) is 10.2 Å². The van der Waals surface area contributed by atoms with Gasteiger partial charge >= 0.3 is 0 Å². The lowest BCUT2D eigenvalue weighted by molar-refractivity contribution is 0.0954. The maximum atomic E-state index is 3.62. The Kier molecular flexibility index (Phi) is 5.92. The van der Waals surface area contributed by atoms with Gasteiger partial charge in [-0.3, -0.25) is 0 Å². The highest BCUT2D eigenvalue weighted by molar-refractivity contribution is 4.85. The molecule has 2 heteroatoms. The maximum absolute atomic E-state index is 3.62. The minimum Gasteiger partial charge on any atom is -0.315 e. The van der Waals surface area contributed by atoms with E-state index in [1.807, 2.05) is 0 Å². The summed E-state index contributed by atoms with van der Waals surface area (Å²) < 4.78 is 0. The zero-order chi connectivity index (χ0) is 14.6. The van der Waals surface area contributed by atoms with E-state index < -0.39 is 0 Å². The Hall–Kier alpha value is -0.0800. The fourth-order valence-electron chi connectivity index (χ4n) is 4.27. The predicted octanol–water partition coefficient (Wildman–Crippen LogP) is 3.91. The molecule has 0 radical (unpaired) electrons. The van der Waals surface area contributed by atoms with Crippen molar-refractivity contribution < 1.29 is 0 Å². The highest BCUT2D eigenvalue weighted by atomic mass is 15.2. The van der Waals surface area contributed by atoms with Crippen LogP contribution in [0, 0.1) is 17.3 Å². The summed E-state index contributed by atoms with van der Waals surface area (Å²) in [7, 11) is 2.17. The minimum absolute atomic E-state index is 0.498. The summed E-state index contributed by atoms with van der Waals surface area (Å²) in [5.41, 5.74) is 0.498. The average molecular weight is 280 g/mol. The first kappa shape index (κ1) is 16.3. The predicted molar refractivity (Wildman–Crippen MR) is 88.0 cm³/mol. The van der Waals surface area contributed by atoms with Crippen LogP contribution in [0.3, 0.4) is 0 Å². The molecule has 1 N–H and O–H groups in total. The summed E-state index contributed by atoms with van der Waals surface area (Å²) in [6.45, 7) is 11.1. The quantitative estimate of drug-likeness (QED) is 0.840. The molecule has 0 aromatic carbocycles. The van der Waals surface area contributed by atoms with Gasteiger partial charge in [-0.05, 0) is 63.1 Å². The van der Waals surface area contributed by atoms with Crippen molar-refractivity contribution in [3.8, 4) is 0 Å². The van der Waals surface area contributed by atoms with Gasteiger partial charge in [0.2, 0.25) is 0 Å². The third kappa shape index (κ3) is 4.46. The van der Waals surface area contributed by atoms with Crippen molar-refractivity contribution in [2.24, 2.45) is 17.3 Å². The van der Waals surface area contributed by atoms with E-state index in [2.05, 4.69) is 38.0 Å². The Bertz CT molecular complexity index is 268. The van der Waals surface area contributed by atoms with Gasteiger partial charge in [-0.1, -0.05) is 40.0 Å². The summed E-state index contributed by atoms with van der Waals surface area (Å²) in [6, 6.07) is 0.724. The molecule has 2 fully saturated rings. The third-order valence-corrected chi connectivity index (χ3v) is 5.86. The number of hydrogen-bond acceptors (Lipinski definition) is 2. The van der Waals surface area contributed by atoms with Gasteiger partial charge in [0.25, 0.3) is 0 Å². The highest BCUT2D eigenvalue weighted by Crippen LogP contribution is 2.34. The van der Waals surface area contributed by atoms with E-state index in [0.717, 1.165) is 17.9 Å². The van der Waals surface area contributed by atoms with Crippen molar-refractivity contribution >= 4 is 0 Å². The summed E-state index contributed by atoms with van der Waals surface area (Å²) >= 11 is 0. The summed E-state index contributed by atoms with van der Waals surface area (Å²) in [5, 5.41) is 3.62. The van der Waals surface area contributed by atoms with Gasteiger partial charge in [0.1, 0.15) is 0 Å². The molecule has 0 spiro atoms. The van der Waals surface area contributed by atoms with Crippen molar-refractivity contribution in [3.63, 3.8) is 0 Å². The molecule has 0 amide bonds. The normalized spacial score (nSPS) is 25.8. The summed E-state index contributed by atoms with van der Waals surface area (Å²) in [4.78, 5) is 2.72. The molecule has 2 aliphatic rings. The molecule has 1 aliphatic carbocycles.